The molecule has 0 radical (unpaired) electrons. The van der Waals surface area contributed by atoms with E-state index < -0.39 is 36.0 Å². The standard InChI is InChI=1S/C26H26N2O6S2.2C2H6/c1-16(29)33-23(25(31)27-12-22-11-18(15-36-22)10-21-8-5-9-35-21)24(34-17(2)30)26(32)28-13-19-6-3-4-7-20(19)14-28;2*1-2/h3-9,11,15,23-24H,10,12-14H2,1-2H3,(H,27,31);2*1-2H3/t23-,24-;;/m1../s1. The van der Waals surface area contributed by atoms with E-state index in [1.807, 2.05) is 74.9 Å². The summed E-state index contributed by atoms with van der Waals surface area (Å²) in [5, 5.41) is 6.78. The Labute approximate surface area is 244 Å². The third-order valence-corrected chi connectivity index (χ3v) is 7.48. The van der Waals surface area contributed by atoms with Gasteiger partial charge < -0.3 is 19.7 Å². The molecule has 216 valence electrons. The van der Waals surface area contributed by atoms with Gasteiger partial charge in [-0.25, -0.2) is 0 Å². The molecule has 3 heterocycles. The normalized spacial score (nSPS) is 12.9. The number of rotatable bonds is 9. The lowest BCUT2D eigenvalue weighted by atomic mass is 10.1. The first kappa shape index (κ1) is 32.7. The second-order valence-electron chi connectivity index (χ2n) is 8.42. The van der Waals surface area contributed by atoms with Gasteiger partial charge >= 0.3 is 11.9 Å². The Morgan fingerprint density at radius 2 is 1.45 bits per heavy atom. The second-order valence-corrected chi connectivity index (χ2v) is 10.4. The number of amides is 2. The van der Waals surface area contributed by atoms with Crippen molar-refractivity contribution in [2.24, 2.45) is 0 Å². The zero-order valence-corrected chi connectivity index (χ0v) is 25.5. The average Bonchev–Trinajstić information content (AvgIpc) is 3.72. The Kier molecular flexibility index (Phi) is 13.5. The molecule has 2 atom stereocenters. The van der Waals surface area contributed by atoms with E-state index in [-0.39, 0.29) is 6.54 Å². The van der Waals surface area contributed by atoms with Crippen LogP contribution in [0, 0.1) is 0 Å². The van der Waals surface area contributed by atoms with Crippen LogP contribution in [-0.4, -0.2) is 40.9 Å². The molecule has 1 aliphatic rings. The van der Waals surface area contributed by atoms with Crippen molar-refractivity contribution in [3.05, 3.63) is 79.7 Å². The van der Waals surface area contributed by atoms with E-state index in [1.54, 1.807) is 11.3 Å². The van der Waals surface area contributed by atoms with Gasteiger partial charge in [-0.05, 0) is 39.6 Å². The minimum Gasteiger partial charge on any atom is -0.448 e. The molecule has 1 aliphatic heterocycles. The van der Waals surface area contributed by atoms with Gasteiger partial charge in [0.15, 0.2) is 0 Å². The summed E-state index contributed by atoms with van der Waals surface area (Å²) in [4.78, 5) is 53.8. The molecule has 0 saturated carbocycles. The van der Waals surface area contributed by atoms with Gasteiger partial charge in [0.05, 0.1) is 6.54 Å². The minimum atomic E-state index is -1.62. The van der Waals surface area contributed by atoms with Gasteiger partial charge in [0.2, 0.25) is 12.2 Å². The van der Waals surface area contributed by atoms with Gasteiger partial charge in [0.25, 0.3) is 11.8 Å². The van der Waals surface area contributed by atoms with Gasteiger partial charge in [0.1, 0.15) is 0 Å². The molecule has 0 aliphatic carbocycles. The van der Waals surface area contributed by atoms with Gasteiger partial charge in [0, 0.05) is 43.1 Å². The molecule has 10 heteroatoms. The van der Waals surface area contributed by atoms with Crippen LogP contribution in [0.5, 0.6) is 0 Å². The number of nitrogens with one attached hydrogen (secondary N) is 1. The Hall–Kier alpha value is -3.50. The van der Waals surface area contributed by atoms with Crippen molar-refractivity contribution in [2.45, 2.75) is 79.8 Å². The van der Waals surface area contributed by atoms with Crippen molar-refractivity contribution in [1.29, 1.82) is 0 Å². The van der Waals surface area contributed by atoms with Crippen molar-refractivity contribution in [2.75, 3.05) is 0 Å². The largest absolute Gasteiger partial charge is 0.448 e. The molecule has 1 N–H and O–H groups in total. The SMILES string of the molecule is CC.CC.CC(=O)O[C@@H](C(=O)NCc1cc(Cc2cccs2)cs1)[C@@H](OC(C)=O)C(=O)N1Cc2ccccc2C1. The third-order valence-electron chi connectivity index (χ3n) is 5.62. The molecule has 2 amide bonds. The van der Waals surface area contributed by atoms with Crippen LogP contribution in [0.2, 0.25) is 0 Å². The molecule has 8 nitrogen and oxygen atoms in total. The van der Waals surface area contributed by atoms with Crippen molar-refractivity contribution in [3.63, 3.8) is 0 Å². The number of benzene rings is 1. The summed E-state index contributed by atoms with van der Waals surface area (Å²) < 4.78 is 10.5. The van der Waals surface area contributed by atoms with E-state index >= 15 is 0 Å². The summed E-state index contributed by atoms with van der Waals surface area (Å²) in [6.45, 7) is 11.1. The molecule has 3 aromatic rings. The summed E-state index contributed by atoms with van der Waals surface area (Å²) in [5.74, 6) is -2.84. The van der Waals surface area contributed by atoms with Crippen LogP contribution < -0.4 is 5.32 Å². The van der Waals surface area contributed by atoms with Gasteiger partial charge in [-0.2, -0.15) is 0 Å². The van der Waals surface area contributed by atoms with Crippen LogP contribution >= 0.6 is 22.7 Å². The Balaban J connectivity index is 0.00000134. The van der Waals surface area contributed by atoms with Crippen LogP contribution in [0.25, 0.3) is 0 Å². The summed E-state index contributed by atoms with van der Waals surface area (Å²) in [5.41, 5.74) is 3.07. The fourth-order valence-electron chi connectivity index (χ4n) is 4.02. The zero-order valence-electron chi connectivity index (χ0n) is 23.9. The Morgan fingerprint density at radius 1 is 0.850 bits per heavy atom. The number of ether oxygens (including phenoxy) is 2. The number of thiophene rings is 2. The second kappa shape index (κ2) is 16.6. The summed E-state index contributed by atoms with van der Waals surface area (Å²) >= 11 is 3.18. The van der Waals surface area contributed by atoms with E-state index in [1.165, 1.54) is 21.1 Å². The fraction of sp³-hybridized carbons (Fsp3) is 0.400. The van der Waals surface area contributed by atoms with Crippen molar-refractivity contribution < 1.29 is 28.7 Å². The first-order chi connectivity index (χ1) is 19.3. The summed E-state index contributed by atoms with van der Waals surface area (Å²) in [7, 11) is 0. The van der Waals surface area contributed by atoms with Crippen LogP contribution in [0.1, 0.15) is 68.0 Å². The molecule has 40 heavy (non-hydrogen) atoms. The smallest absolute Gasteiger partial charge is 0.303 e. The van der Waals surface area contributed by atoms with E-state index in [0.717, 1.165) is 41.8 Å². The number of nitrogens with zero attached hydrogens (tertiary/aromatic N) is 1. The predicted octanol–water partition coefficient (Wildman–Crippen LogP) is 5.47. The predicted molar refractivity (Wildman–Crippen MR) is 158 cm³/mol. The molecule has 4 rings (SSSR count). The van der Waals surface area contributed by atoms with Crippen LogP contribution in [0.4, 0.5) is 0 Å². The average molecular weight is 587 g/mol. The minimum absolute atomic E-state index is 0.182. The maximum absolute atomic E-state index is 13.4. The molecule has 0 bridgehead atoms. The van der Waals surface area contributed by atoms with Gasteiger partial charge in [-0.3, -0.25) is 19.2 Å². The summed E-state index contributed by atoms with van der Waals surface area (Å²) in [6, 6.07) is 13.6. The summed E-state index contributed by atoms with van der Waals surface area (Å²) in [6.07, 6.45) is -2.41. The van der Waals surface area contributed by atoms with E-state index in [0.29, 0.717) is 13.1 Å². The highest BCUT2D eigenvalue weighted by molar-refractivity contribution is 7.10. The maximum atomic E-state index is 13.4. The highest BCUT2D eigenvalue weighted by Crippen LogP contribution is 2.25. The first-order valence-electron chi connectivity index (χ1n) is 13.4. The highest BCUT2D eigenvalue weighted by atomic mass is 32.1. The van der Waals surface area contributed by atoms with Crippen molar-refractivity contribution in [3.8, 4) is 0 Å². The molecule has 2 aromatic heterocycles. The van der Waals surface area contributed by atoms with Crippen LogP contribution in [-0.2, 0) is 54.7 Å². The topological polar surface area (TPSA) is 102 Å². The van der Waals surface area contributed by atoms with E-state index in [4.69, 9.17) is 9.47 Å². The molecule has 0 spiro atoms. The molecule has 0 saturated heterocycles. The van der Waals surface area contributed by atoms with Crippen LogP contribution in [0.15, 0.2) is 53.2 Å². The van der Waals surface area contributed by atoms with Crippen molar-refractivity contribution >= 4 is 46.4 Å². The zero-order chi connectivity index (χ0) is 29.7. The van der Waals surface area contributed by atoms with E-state index in [2.05, 4.69) is 11.4 Å². The number of hydrogen-bond donors (Lipinski definition) is 1. The van der Waals surface area contributed by atoms with E-state index in [9.17, 15) is 19.2 Å². The highest BCUT2D eigenvalue weighted by Gasteiger charge is 2.42. The van der Waals surface area contributed by atoms with Gasteiger partial charge in [-0.15, -0.1) is 22.7 Å². The number of esters is 2. The first-order valence-corrected chi connectivity index (χ1v) is 15.1. The van der Waals surface area contributed by atoms with Crippen LogP contribution in [0.3, 0.4) is 0 Å². The number of carbonyl (C=O) groups excluding carboxylic acids is 4. The molecular formula is C30H38N2O6S2. The fourth-order valence-corrected chi connectivity index (χ4v) is 5.59. The maximum Gasteiger partial charge on any atom is 0.303 e. The lowest BCUT2D eigenvalue weighted by Gasteiger charge is -2.28. The molecule has 0 unspecified atom stereocenters. The van der Waals surface area contributed by atoms with Crippen molar-refractivity contribution in [1.82, 2.24) is 10.2 Å². The van der Waals surface area contributed by atoms with Gasteiger partial charge in [-0.1, -0.05) is 58.0 Å². The molecule has 0 fully saturated rings. The monoisotopic (exact) mass is 586 g/mol. The Morgan fingerprint density at radius 3 is 2.00 bits per heavy atom. The Bertz CT molecular complexity index is 1230. The number of carbonyl (C=O) groups is 4. The molecule has 1 aromatic carbocycles. The quantitative estimate of drug-likeness (QED) is 0.334. The third kappa shape index (κ3) is 9.31. The number of fused-ring (bicyclic) bond motifs is 1. The number of hydrogen-bond acceptors (Lipinski definition) is 8. The lowest BCUT2D eigenvalue weighted by Crippen LogP contribution is -2.53. The molecular weight excluding hydrogens is 548 g/mol. The lowest BCUT2D eigenvalue weighted by molar-refractivity contribution is -0.178.